The van der Waals surface area contributed by atoms with Gasteiger partial charge in [-0.3, -0.25) is 9.97 Å². The molecular weight excluding hydrogens is 357 g/mol. The number of aliphatic hydroxyl groups is 1. The van der Waals surface area contributed by atoms with Gasteiger partial charge in [-0.15, -0.1) is 0 Å². The zero-order chi connectivity index (χ0) is 19.8. The molecule has 1 fully saturated rings. The fourth-order valence-electron chi connectivity index (χ4n) is 3.78. The quantitative estimate of drug-likeness (QED) is 0.850. The molecule has 0 amide bonds. The predicted molar refractivity (Wildman–Crippen MR) is 98.6 cm³/mol. The Bertz CT molecular complexity index is 809. The van der Waals surface area contributed by atoms with Crippen LogP contribution in [0.3, 0.4) is 0 Å². The van der Waals surface area contributed by atoms with Gasteiger partial charge in [-0.25, -0.2) is 0 Å². The zero-order valence-electron chi connectivity index (χ0n) is 15.7. The van der Waals surface area contributed by atoms with Crippen LogP contribution in [0, 0.1) is 5.92 Å². The van der Waals surface area contributed by atoms with Gasteiger partial charge in [-0.2, -0.15) is 13.2 Å². The number of benzene rings is 1. The van der Waals surface area contributed by atoms with Crippen LogP contribution in [0.25, 0.3) is 11.0 Å². The summed E-state index contributed by atoms with van der Waals surface area (Å²) in [4.78, 5) is 10.2. The van der Waals surface area contributed by atoms with Crippen molar-refractivity contribution in [1.29, 1.82) is 0 Å². The Morgan fingerprint density at radius 1 is 1.15 bits per heavy atom. The van der Waals surface area contributed by atoms with E-state index < -0.39 is 17.3 Å². The molecule has 1 saturated heterocycles. The first-order chi connectivity index (χ1) is 12.6. The van der Waals surface area contributed by atoms with Crippen molar-refractivity contribution in [2.24, 2.45) is 5.92 Å². The summed E-state index contributed by atoms with van der Waals surface area (Å²) in [5.74, 6) is 0.347. The summed E-state index contributed by atoms with van der Waals surface area (Å²) in [5.41, 5.74) is -0.389. The normalized spacial score (nSPS) is 21.7. The Labute approximate surface area is 156 Å². The van der Waals surface area contributed by atoms with Crippen LogP contribution in [0.15, 0.2) is 24.5 Å². The van der Waals surface area contributed by atoms with Crippen LogP contribution < -0.4 is 10.2 Å². The van der Waals surface area contributed by atoms with Gasteiger partial charge in [0.1, 0.15) is 11.0 Å². The molecule has 1 aromatic carbocycles. The summed E-state index contributed by atoms with van der Waals surface area (Å²) in [5, 5.41) is 13.0. The topological polar surface area (TPSA) is 61.3 Å². The third-order valence-corrected chi connectivity index (χ3v) is 4.90. The van der Waals surface area contributed by atoms with E-state index in [1.165, 1.54) is 18.5 Å². The summed E-state index contributed by atoms with van der Waals surface area (Å²) < 4.78 is 40.0. The van der Waals surface area contributed by atoms with E-state index in [0.29, 0.717) is 18.2 Å². The number of halogens is 3. The van der Waals surface area contributed by atoms with E-state index in [1.54, 1.807) is 0 Å². The van der Waals surface area contributed by atoms with Gasteiger partial charge in [0.25, 0.3) is 0 Å². The van der Waals surface area contributed by atoms with E-state index in [-0.39, 0.29) is 23.7 Å². The summed E-state index contributed by atoms with van der Waals surface area (Å²) >= 11 is 0. The van der Waals surface area contributed by atoms with Gasteiger partial charge in [0.2, 0.25) is 0 Å². The van der Waals surface area contributed by atoms with E-state index in [4.69, 9.17) is 0 Å². The molecule has 3 rings (SSSR count). The van der Waals surface area contributed by atoms with Gasteiger partial charge in [0, 0.05) is 37.1 Å². The molecule has 5 nitrogen and oxygen atoms in total. The SMILES string of the molecule is C[C@H]1C[C@@H](NC(C)(C)CO)CN(c2ccc(C(F)(F)F)c3nccnc23)C1. The molecular formula is C19H25F3N4O. The predicted octanol–water partition coefficient (Wildman–Crippen LogP) is 3.22. The lowest BCUT2D eigenvalue weighted by Gasteiger charge is -2.41. The van der Waals surface area contributed by atoms with Gasteiger partial charge in [-0.1, -0.05) is 6.92 Å². The highest BCUT2D eigenvalue weighted by Gasteiger charge is 2.35. The number of hydrogen-bond donors (Lipinski definition) is 2. The van der Waals surface area contributed by atoms with Crippen molar-refractivity contribution in [3.8, 4) is 0 Å². The molecule has 8 heteroatoms. The molecule has 0 saturated carbocycles. The second-order valence-electron chi connectivity index (χ2n) is 8.01. The number of nitrogens with one attached hydrogen (secondary N) is 1. The smallest absolute Gasteiger partial charge is 0.394 e. The molecule has 1 aliphatic rings. The van der Waals surface area contributed by atoms with Crippen LogP contribution in [0.2, 0.25) is 0 Å². The van der Waals surface area contributed by atoms with Crippen molar-refractivity contribution in [3.63, 3.8) is 0 Å². The van der Waals surface area contributed by atoms with Gasteiger partial charge < -0.3 is 15.3 Å². The largest absolute Gasteiger partial charge is 0.418 e. The highest BCUT2D eigenvalue weighted by Crippen LogP contribution is 2.37. The maximum absolute atomic E-state index is 13.3. The second-order valence-corrected chi connectivity index (χ2v) is 8.01. The second kappa shape index (κ2) is 7.24. The molecule has 2 heterocycles. The molecule has 2 atom stereocenters. The molecule has 0 radical (unpaired) electrons. The van der Waals surface area contributed by atoms with E-state index in [0.717, 1.165) is 19.0 Å². The Balaban J connectivity index is 1.97. The molecule has 2 N–H and O–H groups in total. The Morgan fingerprint density at radius 3 is 2.44 bits per heavy atom. The van der Waals surface area contributed by atoms with E-state index >= 15 is 0 Å². The number of fused-ring (bicyclic) bond motifs is 1. The highest BCUT2D eigenvalue weighted by molar-refractivity contribution is 5.90. The summed E-state index contributed by atoms with van der Waals surface area (Å²) in [6.45, 7) is 7.34. The van der Waals surface area contributed by atoms with Crippen molar-refractivity contribution in [3.05, 3.63) is 30.1 Å². The molecule has 0 aliphatic carbocycles. The minimum absolute atomic E-state index is 0.00651. The molecule has 1 aliphatic heterocycles. The van der Waals surface area contributed by atoms with Gasteiger partial charge in [-0.05, 0) is 38.3 Å². The zero-order valence-corrected chi connectivity index (χ0v) is 15.7. The molecule has 148 valence electrons. The summed E-state index contributed by atoms with van der Waals surface area (Å²) in [6.07, 6.45) is -0.834. The van der Waals surface area contributed by atoms with Gasteiger partial charge >= 0.3 is 6.18 Å². The lowest BCUT2D eigenvalue weighted by Crippen LogP contribution is -2.56. The number of hydrogen-bond acceptors (Lipinski definition) is 5. The fraction of sp³-hybridized carbons (Fsp3) is 0.579. The third kappa shape index (κ3) is 4.32. The van der Waals surface area contributed by atoms with Crippen molar-refractivity contribution in [1.82, 2.24) is 15.3 Å². The first-order valence-electron chi connectivity index (χ1n) is 9.05. The monoisotopic (exact) mass is 382 g/mol. The number of nitrogens with zero attached hydrogens (tertiary/aromatic N) is 3. The van der Waals surface area contributed by atoms with Crippen LogP contribution in [-0.4, -0.2) is 46.4 Å². The first kappa shape index (κ1) is 19.8. The average molecular weight is 382 g/mol. The van der Waals surface area contributed by atoms with Gasteiger partial charge in [0.15, 0.2) is 0 Å². The van der Waals surface area contributed by atoms with Crippen molar-refractivity contribution >= 4 is 16.7 Å². The molecule has 0 spiro atoms. The number of piperidine rings is 1. The Kier molecular flexibility index (Phi) is 5.31. The Hall–Kier alpha value is -1.93. The fourth-order valence-corrected chi connectivity index (χ4v) is 3.78. The van der Waals surface area contributed by atoms with E-state index in [1.807, 2.05) is 13.8 Å². The van der Waals surface area contributed by atoms with Crippen molar-refractivity contribution in [2.75, 3.05) is 24.6 Å². The average Bonchev–Trinajstić information content (AvgIpc) is 2.59. The van der Waals surface area contributed by atoms with Crippen LogP contribution in [-0.2, 0) is 6.18 Å². The Morgan fingerprint density at radius 2 is 1.81 bits per heavy atom. The molecule has 0 unspecified atom stereocenters. The van der Waals surface area contributed by atoms with E-state index in [9.17, 15) is 18.3 Å². The first-order valence-corrected chi connectivity index (χ1v) is 9.05. The number of aromatic nitrogens is 2. The van der Waals surface area contributed by atoms with Crippen LogP contribution in [0.4, 0.5) is 18.9 Å². The van der Waals surface area contributed by atoms with Crippen molar-refractivity contribution < 1.29 is 18.3 Å². The lowest BCUT2D eigenvalue weighted by molar-refractivity contribution is -0.136. The minimum Gasteiger partial charge on any atom is -0.394 e. The lowest BCUT2D eigenvalue weighted by atomic mass is 9.92. The standard InChI is InChI=1S/C19H25F3N4O/c1-12-8-13(25-18(2,3)11-27)10-26(9-12)15-5-4-14(19(20,21)22)16-17(15)24-7-6-23-16/h4-7,12-13,25,27H,8-11H2,1-3H3/t12-,13+/m0/s1. The minimum atomic E-state index is -4.47. The van der Waals surface area contributed by atoms with Crippen molar-refractivity contribution in [2.45, 2.75) is 44.9 Å². The third-order valence-electron chi connectivity index (χ3n) is 4.90. The summed E-state index contributed by atoms with van der Waals surface area (Å²) in [7, 11) is 0. The van der Waals surface area contributed by atoms with Crippen LogP contribution in [0.1, 0.15) is 32.8 Å². The number of aliphatic hydroxyl groups excluding tert-OH is 1. The van der Waals surface area contributed by atoms with E-state index in [2.05, 4.69) is 27.1 Å². The number of alkyl halides is 3. The van der Waals surface area contributed by atoms with Crippen LogP contribution in [0.5, 0.6) is 0 Å². The van der Waals surface area contributed by atoms with Crippen LogP contribution >= 0.6 is 0 Å². The molecule has 27 heavy (non-hydrogen) atoms. The number of anilines is 1. The molecule has 1 aromatic heterocycles. The summed E-state index contributed by atoms with van der Waals surface area (Å²) in [6, 6.07) is 2.70. The molecule has 2 aromatic rings. The maximum atomic E-state index is 13.3. The number of rotatable bonds is 4. The molecule has 0 bridgehead atoms. The highest BCUT2D eigenvalue weighted by atomic mass is 19.4. The van der Waals surface area contributed by atoms with Gasteiger partial charge in [0.05, 0.1) is 17.9 Å². The maximum Gasteiger partial charge on any atom is 0.418 e.